The van der Waals surface area contributed by atoms with Crippen molar-refractivity contribution in [1.82, 2.24) is 14.5 Å². The first-order valence-electron chi connectivity index (χ1n) is 13.8. The van der Waals surface area contributed by atoms with Gasteiger partial charge in [0.25, 0.3) is 0 Å². The molecule has 2 heterocycles. The van der Waals surface area contributed by atoms with E-state index in [9.17, 15) is 23.1 Å². The van der Waals surface area contributed by atoms with E-state index < -0.39 is 23.4 Å². The van der Waals surface area contributed by atoms with Crippen molar-refractivity contribution in [3.63, 3.8) is 0 Å². The Bertz CT molecular complexity index is 2080. The number of halogens is 5. The lowest BCUT2D eigenvalue weighted by molar-refractivity contribution is -0.137. The third-order valence-corrected chi connectivity index (χ3v) is 7.99. The zero-order chi connectivity index (χ0) is 32.6. The van der Waals surface area contributed by atoms with Crippen LogP contribution in [0.15, 0.2) is 110 Å². The van der Waals surface area contributed by atoms with Crippen LogP contribution in [0.5, 0.6) is 0 Å². The van der Waals surface area contributed by atoms with Crippen LogP contribution >= 0.6 is 23.2 Å². The number of hydrogen-bond donors (Lipinski definition) is 3. The molecule has 1 unspecified atom stereocenters. The van der Waals surface area contributed by atoms with E-state index in [1.165, 1.54) is 12.1 Å². The Labute approximate surface area is 271 Å². The van der Waals surface area contributed by atoms with Gasteiger partial charge in [0.15, 0.2) is 5.60 Å². The summed E-state index contributed by atoms with van der Waals surface area (Å²) in [5.74, 6) is 0.138. The lowest BCUT2D eigenvalue weighted by Gasteiger charge is -2.30. The molecule has 4 aromatic carbocycles. The molecule has 0 aliphatic rings. The highest BCUT2D eigenvalue weighted by Crippen LogP contribution is 2.40. The molecule has 6 aromatic rings. The predicted molar refractivity (Wildman–Crippen MR) is 173 cm³/mol. The molecule has 3 N–H and O–H groups in total. The average molecular weight is 662 g/mol. The molecule has 7 nitrogen and oxygen atoms in total. The number of benzene rings is 4. The molecular weight excluding hydrogens is 638 g/mol. The highest BCUT2D eigenvalue weighted by atomic mass is 35.5. The van der Waals surface area contributed by atoms with Crippen molar-refractivity contribution >= 4 is 51.6 Å². The number of hydrogen-bond acceptors (Lipinski definition) is 4. The van der Waals surface area contributed by atoms with Crippen molar-refractivity contribution in [2.75, 3.05) is 10.6 Å². The van der Waals surface area contributed by atoms with Crippen LogP contribution in [0.4, 0.5) is 29.5 Å². The second kappa shape index (κ2) is 12.1. The van der Waals surface area contributed by atoms with E-state index in [4.69, 9.17) is 23.2 Å². The number of urea groups is 1. The minimum Gasteiger partial charge on any atom is -0.374 e. The molecule has 6 rings (SSSR count). The highest BCUT2D eigenvalue weighted by Gasteiger charge is 2.37. The standard InChI is InChI=1S/C34H24Cl2F3N5O2/c1-44-19-40-18-30(44)33(46,21-8-11-24(35)12-9-21)22-10-13-29-28(16-22)27(20-4-2-6-25(36)14-20)17-31(42-29)43-32(45)41-26-7-3-5-23(15-26)34(37,38)39/h2-19,46H,1H3,(H2,41,42,43,45). The number of aliphatic hydroxyl groups is 1. The van der Waals surface area contributed by atoms with E-state index in [-0.39, 0.29) is 11.5 Å². The number of nitrogens with one attached hydrogen (secondary N) is 2. The van der Waals surface area contributed by atoms with Gasteiger partial charge in [-0.3, -0.25) is 5.32 Å². The first-order valence-corrected chi connectivity index (χ1v) is 14.6. The van der Waals surface area contributed by atoms with Crippen LogP contribution in [0.25, 0.3) is 22.0 Å². The summed E-state index contributed by atoms with van der Waals surface area (Å²) < 4.78 is 41.3. The van der Waals surface area contributed by atoms with E-state index in [0.717, 1.165) is 12.1 Å². The van der Waals surface area contributed by atoms with E-state index in [2.05, 4.69) is 20.6 Å². The third-order valence-electron chi connectivity index (χ3n) is 7.50. The van der Waals surface area contributed by atoms with Gasteiger partial charge in [-0.05, 0) is 82.9 Å². The number of carbonyl (C=O) groups is 1. The SMILES string of the molecule is Cn1cncc1C(O)(c1ccc(Cl)cc1)c1ccc2nc(NC(=O)Nc3cccc(C(F)(F)F)c3)cc(-c3cccc(Cl)c3)c2c1. The molecule has 12 heteroatoms. The Morgan fingerprint density at radius 1 is 0.826 bits per heavy atom. The van der Waals surface area contributed by atoms with Crippen LogP contribution in [0.2, 0.25) is 10.0 Å². The quantitative estimate of drug-likeness (QED) is 0.166. The van der Waals surface area contributed by atoms with Gasteiger partial charge >= 0.3 is 12.2 Å². The Hall–Kier alpha value is -4.90. The summed E-state index contributed by atoms with van der Waals surface area (Å²) in [6.45, 7) is 0. The van der Waals surface area contributed by atoms with Gasteiger partial charge in [-0.1, -0.05) is 59.6 Å². The molecule has 0 aliphatic heterocycles. The summed E-state index contributed by atoms with van der Waals surface area (Å²) in [6.07, 6.45) is -1.38. The van der Waals surface area contributed by atoms with Crippen LogP contribution in [-0.4, -0.2) is 25.7 Å². The van der Waals surface area contributed by atoms with Gasteiger partial charge < -0.3 is 15.0 Å². The molecule has 232 valence electrons. The summed E-state index contributed by atoms with van der Waals surface area (Å²) in [5, 5.41) is 19.1. The van der Waals surface area contributed by atoms with Crippen LogP contribution in [0.3, 0.4) is 0 Å². The maximum Gasteiger partial charge on any atom is 0.416 e. The second-order valence-electron chi connectivity index (χ2n) is 10.6. The maximum atomic E-state index is 13.2. The van der Waals surface area contributed by atoms with Gasteiger partial charge in [-0.25, -0.2) is 14.8 Å². The maximum absolute atomic E-state index is 13.2. The van der Waals surface area contributed by atoms with E-state index >= 15 is 0 Å². The van der Waals surface area contributed by atoms with Crippen LogP contribution in [0, 0.1) is 0 Å². The number of fused-ring (bicyclic) bond motifs is 1. The Kier molecular flexibility index (Phi) is 8.20. The molecule has 2 amide bonds. The Morgan fingerprint density at radius 2 is 1.57 bits per heavy atom. The fourth-order valence-electron chi connectivity index (χ4n) is 5.32. The fraction of sp³-hybridized carbons (Fsp3) is 0.0882. The van der Waals surface area contributed by atoms with Gasteiger partial charge in [-0.2, -0.15) is 13.2 Å². The number of imidazole rings is 1. The van der Waals surface area contributed by atoms with Crippen LogP contribution in [0.1, 0.15) is 22.4 Å². The minimum absolute atomic E-state index is 0.0375. The zero-order valence-corrected chi connectivity index (χ0v) is 25.5. The largest absolute Gasteiger partial charge is 0.416 e. The number of rotatable bonds is 6. The second-order valence-corrected chi connectivity index (χ2v) is 11.4. The summed E-state index contributed by atoms with van der Waals surface area (Å²) in [6, 6.07) is 24.4. The van der Waals surface area contributed by atoms with Crippen LogP contribution in [-0.2, 0) is 18.8 Å². The number of anilines is 2. The monoisotopic (exact) mass is 661 g/mol. The smallest absolute Gasteiger partial charge is 0.374 e. The molecule has 0 spiro atoms. The number of carbonyl (C=O) groups excluding carboxylic acids is 1. The molecule has 2 aromatic heterocycles. The number of amides is 2. The molecular formula is C34H24Cl2F3N5O2. The predicted octanol–water partition coefficient (Wildman–Crippen LogP) is 8.89. The normalized spacial score (nSPS) is 12.9. The highest BCUT2D eigenvalue weighted by molar-refractivity contribution is 6.31. The molecule has 0 bridgehead atoms. The van der Waals surface area contributed by atoms with Crippen LogP contribution < -0.4 is 10.6 Å². The number of alkyl halides is 3. The Balaban J connectivity index is 1.45. The van der Waals surface area contributed by atoms with Crippen molar-refractivity contribution in [2.45, 2.75) is 11.8 Å². The van der Waals surface area contributed by atoms with Gasteiger partial charge in [-0.15, -0.1) is 0 Å². The molecule has 0 aliphatic carbocycles. The molecule has 0 radical (unpaired) electrons. The lowest BCUT2D eigenvalue weighted by atomic mass is 9.82. The van der Waals surface area contributed by atoms with Crippen molar-refractivity contribution in [1.29, 1.82) is 0 Å². The van der Waals surface area contributed by atoms with E-state index in [0.29, 0.717) is 48.9 Å². The van der Waals surface area contributed by atoms with Crippen molar-refractivity contribution in [3.05, 3.63) is 142 Å². The first-order chi connectivity index (χ1) is 21.9. The number of aromatic nitrogens is 3. The zero-order valence-electron chi connectivity index (χ0n) is 24.0. The molecule has 1 atom stereocenters. The first kappa shape index (κ1) is 31.1. The lowest BCUT2D eigenvalue weighted by Crippen LogP contribution is -2.31. The third kappa shape index (κ3) is 6.15. The molecule has 0 saturated carbocycles. The van der Waals surface area contributed by atoms with Gasteiger partial charge in [0.05, 0.1) is 29.3 Å². The number of nitrogens with zero attached hydrogens (tertiary/aromatic N) is 3. The summed E-state index contributed by atoms with van der Waals surface area (Å²) in [4.78, 5) is 21.7. The van der Waals surface area contributed by atoms with Gasteiger partial charge in [0.1, 0.15) is 5.82 Å². The van der Waals surface area contributed by atoms with Crippen molar-refractivity contribution < 1.29 is 23.1 Å². The van der Waals surface area contributed by atoms with Gasteiger partial charge in [0.2, 0.25) is 0 Å². The van der Waals surface area contributed by atoms with Crippen molar-refractivity contribution in [3.8, 4) is 11.1 Å². The summed E-state index contributed by atoms with van der Waals surface area (Å²) in [5.41, 5.74) is 0.816. The molecule has 46 heavy (non-hydrogen) atoms. The van der Waals surface area contributed by atoms with Crippen molar-refractivity contribution in [2.24, 2.45) is 7.05 Å². The topological polar surface area (TPSA) is 92.1 Å². The van der Waals surface area contributed by atoms with E-state index in [1.54, 1.807) is 84.8 Å². The minimum atomic E-state index is -4.56. The number of aryl methyl sites for hydroxylation is 1. The van der Waals surface area contributed by atoms with Gasteiger partial charge in [0, 0.05) is 28.2 Å². The Morgan fingerprint density at radius 3 is 2.26 bits per heavy atom. The average Bonchev–Trinajstić information content (AvgIpc) is 3.46. The molecule has 0 fully saturated rings. The molecule has 0 saturated heterocycles. The number of pyridine rings is 1. The summed E-state index contributed by atoms with van der Waals surface area (Å²) >= 11 is 12.5. The summed E-state index contributed by atoms with van der Waals surface area (Å²) in [7, 11) is 1.78. The fourth-order valence-corrected chi connectivity index (χ4v) is 5.64. The van der Waals surface area contributed by atoms with E-state index in [1.807, 2.05) is 12.1 Å².